The normalized spacial score (nSPS) is 39.3. The van der Waals surface area contributed by atoms with Crippen molar-refractivity contribution in [2.24, 2.45) is 11.8 Å². The molecule has 0 spiro atoms. The van der Waals surface area contributed by atoms with Gasteiger partial charge in [-0.1, -0.05) is 32.6 Å². The van der Waals surface area contributed by atoms with E-state index in [1.807, 2.05) is 13.0 Å². The molecule has 0 fully saturated rings. The molecule has 3 heteroatoms. The van der Waals surface area contributed by atoms with E-state index >= 15 is 0 Å². The Labute approximate surface area is 117 Å². The maximum Gasteiger partial charge on any atom is 0.0831 e. The lowest BCUT2D eigenvalue weighted by Crippen LogP contribution is -2.32. The largest absolute Gasteiger partial charge is 0.392 e. The summed E-state index contributed by atoms with van der Waals surface area (Å²) in [7, 11) is 1.68. The molecule has 1 aliphatic carbocycles. The first-order valence-electron chi connectivity index (χ1n) is 7.07. The standard InChI is InChI=1S/C16H28O3/c1-11(2)13-6-8-16(4,19-5)9-7-14(17)12(3)10-15(13)18/h6,8,11,13-15,17-18H,3,7,9-10H2,1-2,4-5H3/b8-6+/t13-,14+,15+,16-/m1/s1. The molecule has 0 aromatic rings. The van der Waals surface area contributed by atoms with E-state index in [0.29, 0.717) is 24.3 Å². The molecule has 1 rings (SSSR count). The third kappa shape index (κ3) is 4.44. The van der Waals surface area contributed by atoms with Gasteiger partial charge in [-0.15, -0.1) is 0 Å². The smallest absolute Gasteiger partial charge is 0.0831 e. The van der Waals surface area contributed by atoms with Crippen LogP contribution >= 0.6 is 0 Å². The second kappa shape index (κ2) is 6.69. The summed E-state index contributed by atoms with van der Waals surface area (Å²) in [5.74, 6) is 0.383. The van der Waals surface area contributed by atoms with E-state index in [0.717, 1.165) is 6.42 Å². The summed E-state index contributed by atoms with van der Waals surface area (Å²) in [5, 5.41) is 20.4. The van der Waals surface area contributed by atoms with Gasteiger partial charge in [0, 0.05) is 13.0 Å². The van der Waals surface area contributed by atoms with Crippen LogP contribution in [0.5, 0.6) is 0 Å². The van der Waals surface area contributed by atoms with Crippen molar-refractivity contribution in [3.05, 3.63) is 24.3 Å². The number of aliphatic hydroxyl groups excluding tert-OH is 2. The fourth-order valence-electron chi connectivity index (χ4n) is 2.53. The zero-order valence-electron chi connectivity index (χ0n) is 12.6. The molecule has 110 valence electrons. The van der Waals surface area contributed by atoms with Crippen LogP contribution in [0.2, 0.25) is 0 Å². The number of ether oxygens (including phenoxy) is 1. The Morgan fingerprint density at radius 1 is 1.42 bits per heavy atom. The summed E-state index contributed by atoms with van der Waals surface area (Å²) in [6, 6.07) is 0. The van der Waals surface area contributed by atoms with Gasteiger partial charge in [0.1, 0.15) is 0 Å². The average molecular weight is 268 g/mol. The van der Waals surface area contributed by atoms with Crippen LogP contribution in [0.1, 0.15) is 40.0 Å². The van der Waals surface area contributed by atoms with Gasteiger partial charge in [-0.2, -0.15) is 0 Å². The van der Waals surface area contributed by atoms with Crippen molar-refractivity contribution in [1.29, 1.82) is 0 Å². The Morgan fingerprint density at radius 3 is 2.58 bits per heavy atom. The van der Waals surface area contributed by atoms with Crippen molar-refractivity contribution in [3.8, 4) is 0 Å². The molecule has 0 saturated carbocycles. The second-order valence-electron chi connectivity index (χ2n) is 6.18. The second-order valence-corrected chi connectivity index (χ2v) is 6.18. The predicted octanol–water partition coefficient (Wildman–Crippen LogP) is 2.68. The van der Waals surface area contributed by atoms with Crippen LogP contribution in [-0.2, 0) is 4.74 Å². The van der Waals surface area contributed by atoms with Crippen LogP contribution in [-0.4, -0.2) is 35.1 Å². The van der Waals surface area contributed by atoms with Gasteiger partial charge in [0.15, 0.2) is 0 Å². The number of hydrogen-bond acceptors (Lipinski definition) is 3. The highest BCUT2D eigenvalue weighted by Crippen LogP contribution is 2.29. The van der Waals surface area contributed by atoms with Crippen molar-refractivity contribution in [2.75, 3.05) is 7.11 Å². The van der Waals surface area contributed by atoms with Crippen molar-refractivity contribution in [2.45, 2.75) is 57.8 Å². The average Bonchev–Trinajstić information content (AvgIpc) is 2.34. The quantitative estimate of drug-likeness (QED) is 0.757. The molecule has 19 heavy (non-hydrogen) atoms. The first-order chi connectivity index (χ1) is 8.79. The van der Waals surface area contributed by atoms with Gasteiger partial charge in [-0.25, -0.2) is 0 Å². The Bertz CT molecular complexity index is 335. The minimum absolute atomic E-state index is 0.0523. The molecule has 4 atom stereocenters. The number of hydrogen-bond donors (Lipinski definition) is 2. The molecular weight excluding hydrogens is 240 g/mol. The zero-order valence-corrected chi connectivity index (χ0v) is 12.6. The lowest BCUT2D eigenvalue weighted by atomic mass is 9.82. The maximum atomic E-state index is 10.3. The van der Waals surface area contributed by atoms with Crippen LogP contribution in [0.3, 0.4) is 0 Å². The topological polar surface area (TPSA) is 49.7 Å². The van der Waals surface area contributed by atoms with Gasteiger partial charge >= 0.3 is 0 Å². The molecule has 0 unspecified atom stereocenters. The molecule has 0 saturated heterocycles. The summed E-state index contributed by atoms with van der Waals surface area (Å²) in [5.41, 5.74) is 0.317. The van der Waals surface area contributed by atoms with E-state index < -0.39 is 17.8 Å². The minimum Gasteiger partial charge on any atom is -0.392 e. The summed E-state index contributed by atoms with van der Waals surface area (Å²) in [6.45, 7) is 10.1. The predicted molar refractivity (Wildman–Crippen MR) is 77.9 cm³/mol. The molecule has 0 aromatic carbocycles. The molecule has 0 amide bonds. The monoisotopic (exact) mass is 268 g/mol. The van der Waals surface area contributed by atoms with Crippen LogP contribution in [0.15, 0.2) is 24.3 Å². The maximum absolute atomic E-state index is 10.3. The SMILES string of the molecule is C=C1C[C@H](O)[C@@H](C(C)C)/C=C/[C@@](C)(OC)CC[C@@H]1O. The highest BCUT2D eigenvalue weighted by atomic mass is 16.5. The van der Waals surface area contributed by atoms with Gasteiger partial charge in [0.2, 0.25) is 0 Å². The molecule has 0 aliphatic heterocycles. The molecule has 2 N–H and O–H groups in total. The molecule has 0 heterocycles. The van der Waals surface area contributed by atoms with Crippen LogP contribution in [0.25, 0.3) is 0 Å². The summed E-state index contributed by atoms with van der Waals surface area (Å²) >= 11 is 0. The van der Waals surface area contributed by atoms with Crippen molar-refractivity contribution >= 4 is 0 Å². The van der Waals surface area contributed by atoms with Crippen molar-refractivity contribution in [3.63, 3.8) is 0 Å². The number of methoxy groups -OCH3 is 1. The Morgan fingerprint density at radius 2 is 2.05 bits per heavy atom. The van der Waals surface area contributed by atoms with Gasteiger partial charge in [0.05, 0.1) is 17.8 Å². The Kier molecular flexibility index (Phi) is 5.78. The van der Waals surface area contributed by atoms with Crippen LogP contribution in [0.4, 0.5) is 0 Å². The lowest BCUT2D eigenvalue weighted by Gasteiger charge is -2.31. The van der Waals surface area contributed by atoms with E-state index in [2.05, 4.69) is 26.5 Å². The molecule has 0 aromatic heterocycles. The molecule has 3 nitrogen and oxygen atoms in total. The minimum atomic E-state index is -0.566. The van der Waals surface area contributed by atoms with Crippen LogP contribution in [0, 0.1) is 11.8 Å². The third-order valence-corrected chi connectivity index (χ3v) is 4.21. The summed E-state index contributed by atoms with van der Waals surface area (Å²) in [6.07, 6.45) is 4.82. The van der Waals surface area contributed by atoms with E-state index in [-0.39, 0.29) is 5.92 Å². The summed E-state index contributed by atoms with van der Waals surface area (Å²) < 4.78 is 5.55. The van der Waals surface area contributed by atoms with Gasteiger partial charge in [-0.05, 0) is 37.7 Å². The van der Waals surface area contributed by atoms with Gasteiger partial charge in [0.25, 0.3) is 0 Å². The Hall–Kier alpha value is -0.640. The van der Waals surface area contributed by atoms with E-state index in [9.17, 15) is 10.2 Å². The molecule has 0 radical (unpaired) electrons. The van der Waals surface area contributed by atoms with Crippen LogP contribution < -0.4 is 0 Å². The molecule has 0 bridgehead atoms. The number of aliphatic hydroxyl groups is 2. The first-order valence-corrected chi connectivity index (χ1v) is 7.07. The highest BCUT2D eigenvalue weighted by molar-refractivity contribution is 5.11. The van der Waals surface area contributed by atoms with Crippen molar-refractivity contribution < 1.29 is 14.9 Å². The first kappa shape index (κ1) is 16.4. The number of rotatable bonds is 2. The fourth-order valence-corrected chi connectivity index (χ4v) is 2.53. The lowest BCUT2D eigenvalue weighted by molar-refractivity contribution is 0.0246. The Balaban J connectivity index is 3.02. The highest BCUT2D eigenvalue weighted by Gasteiger charge is 2.28. The van der Waals surface area contributed by atoms with E-state index in [1.165, 1.54) is 0 Å². The molecular formula is C16H28O3. The van der Waals surface area contributed by atoms with Gasteiger partial charge < -0.3 is 14.9 Å². The van der Waals surface area contributed by atoms with E-state index in [4.69, 9.17) is 4.74 Å². The summed E-state index contributed by atoms with van der Waals surface area (Å²) in [4.78, 5) is 0. The van der Waals surface area contributed by atoms with Gasteiger partial charge in [-0.3, -0.25) is 0 Å². The van der Waals surface area contributed by atoms with Crippen molar-refractivity contribution in [1.82, 2.24) is 0 Å². The zero-order chi connectivity index (χ0) is 14.6. The van der Waals surface area contributed by atoms with E-state index in [1.54, 1.807) is 7.11 Å². The molecule has 1 aliphatic rings. The fraction of sp³-hybridized carbons (Fsp3) is 0.750. The third-order valence-electron chi connectivity index (χ3n) is 4.21.